The molecule has 5 heteroatoms. The molecule has 0 saturated heterocycles. The molecule has 0 aliphatic carbocycles. The maximum absolute atomic E-state index is 10.7. The number of nitrogen functional groups attached to an aromatic ring is 1. The molecule has 0 atom stereocenters. The van der Waals surface area contributed by atoms with Gasteiger partial charge in [-0.2, -0.15) is 0 Å². The third-order valence-corrected chi connectivity index (χ3v) is 3.11. The van der Waals surface area contributed by atoms with E-state index < -0.39 is 5.97 Å². The molecule has 3 N–H and O–H groups in total. The molecule has 0 aliphatic heterocycles. The van der Waals surface area contributed by atoms with Crippen molar-refractivity contribution in [3.8, 4) is 0 Å². The molecule has 1 aromatic rings. The summed E-state index contributed by atoms with van der Waals surface area (Å²) in [6, 6.07) is 1.45. The predicted octanol–water partition coefficient (Wildman–Crippen LogP) is 2.50. The number of aromatic carboxylic acids is 1. The van der Waals surface area contributed by atoms with E-state index in [0.29, 0.717) is 16.6 Å². The normalized spacial score (nSPS) is 10.7. The first-order chi connectivity index (χ1) is 7.50. The number of rotatable bonds is 5. The largest absolute Gasteiger partial charge is 0.478 e. The van der Waals surface area contributed by atoms with Gasteiger partial charge in [0.2, 0.25) is 0 Å². The minimum atomic E-state index is -1.00. The molecule has 1 aromatic heterocycles. The smallest absolute Gasteiger partial charge is 0.337 e. The summed E-state index contributed by atoms with van der Waals surface area (Å²) in [5, 5.41) is 9.46. The number of nitrogens with two attached hydrogens (primary N) is 1. The Balaban J connectivity index is 2.64. The minimum Gasteiger partial charge on any atom is -0.478 e. The molecule has 0 aliphatic rings. The number of carbonyl (C=O) groups is 1. The van der Waals surface area contributed by atoms with Gasteiger partial charge in [-0.25, -0.2) is 9.78 Å². The van der Waals surface area contributed by atoms with E-state index >= 15 is 0 Å². The van der Waals surface area contributed by atoms with Gasteiger partial charge in [-0.05, 0) is 24.2 Å². The molecule has 0 aromatic carbocycles. The highest BCUT2D eigenvalue weighted by Crippen LogP contribution is 2.24. The lowest BCUT2D eigenvalue weighted by Gasteiger charge is -2.06. The lowest BCUT2D eigenvalue weighted by atomic mass is 10.2. The van der Waals surface area contributed by atoms with Crippen molar-refractivity contribution < 1.29 is 9.90 Å². The van der Waals surface area contributed by atoms with Gasteiger partial charge in [-0.15, -0.1) is 11.8 Å². The Hall–Kier alpha value is -1.23. The van der Waals surface area contributed by atoms with E-state index in [1.807, 2.05) is 0 Å². The highest BCUT2D eigenvalue weighted by atomic mass is 32.2. The Morgan fingerprint density at radius 3 is 2.81 bits per heavy atom. The number of hydrogen-bond acceptors (Lipinski definition) is 4. The van der Waals surface area contributed by atoms with Crippen LogP contribution in [-0.2, 0) is 0 Å². The zero-order chi connectivity index (χ0) is 12.1. The van der Waals surface area contributed by atoms with Gasteiger partial charge in [0.1, 0.15) is 5.03 Å². The molecule has 1 heterocycles. The van der Waals surface area contributed by atoms with Crippen LogP contribution in [0, 0.1) is 5.92 Å². The second-order valence-corrected chi connectivity index (χ2v) is 5.04. The van der Waals surface area contributed by atoms with Crippen molar-refractivity contribution >= 4 is 23.4 Å². The third kappa shape index (κ3) is 3.73. The lowest BCUT2D eigenvalue weighted by Crippen LogP contribution is -2.01. The maximum Gasteiger partial charge on any atom is 0.337 e. The Morgan fingerprint density at radius 2 is 2.31 bits per heavy atom. The summed E-state index contributed by atoms with van der Waals surface area (Å²) in [6.07, 6.45) is 2.43. The number of nitrogens with zero attached hydrogens (tertiary/aromatic N) is 1. The molecule has 16 heavy (non-hydrogen) atoms. The second kappa shape index (κ2) is 5.75. The van der Waals surface area contributed by atoms with Crippen molar-refractivity contribution in [1.82, 2.24) is 4.98 Å². The number of carboxylic acids is 1. The zero-order valence-electron chi connectivity index (χ0n) is 9.43. The Labute approximate surface area is 99.3 Å². The van der Waals surface area contributed by atoms with Gasteiger partial charge in [0, 0.05) is 6.20 Å². The molecule has 0 fully saturated rings. The van der Waals surface area contributed by atoms with Gasteiger partial charge >= 0.3 is 5.97 Å². The molecule has 0 bridgehead atoms. The minimum absolute atomic E-state index is 0.130. The fourth-order valence-electron chi connectivity index (χ4n) is 1.10. The van der Waals surface area contributed by atoms with Gasteiger partial charge < -0.3 is 10.8 Å². The van der Waals surface area contributed by atoms with Crippen LogP contribution >= 0.6 is 11.8 Å². The molecule has 0 radical (unpaired) electrons. The summed E-state index contributed by atoms with van der Waals surface area (Å²) in [6.45, 7) is 4.32. The number of thioether (sulfide) groups is 1. The van der Waals surface area contributed by atoms with Crippen molar-refractivity contribution in [1.29, 1.82) is 0 Å². The lowest BCUT2D eigenvalue weighted by molar-refractivity contribution is 0.0696. The number of pyridine rings is 1. The number of anilines is 1. The van der Waals surface area contributed by atoms with E-state index in [1.54, 1.807) is 11.8 Å². The van der Waals surface area contributed by atoms with Gasteiger partial charge in [-0.3, -0.25) is 0 Å². The Morgan fingerprint density at radius 1 is 1.62 bits per heavy atom. The standard InChI is InChI=1S/C11H16N2O2S/c1-7(2)3-4-16-10-9(12)5-8(6-13-10)11(14)15/h5-7H,3-4,12H2,1-2H3,(H,14,15). The van der Waals surface area contributed by atoms with E-state index in [1.165, 1.54) is 12.3 Å². The van der Waals surface area contributed by atoms with Crippen LogP contribution in [0.4, 0.5) is 5.69 Å². The van der Waals surface area contributed by atoms with Crippen LogP contribution in [0.1, 0.15) is 30.6 Å². The zero-order valence-corrected chi connectivity index (χ0v) is 10.3. The number of hydrogen-bond donors (Lipinski definition) is 2. The molecule has 0 saturated carbocycles. The Bertz CT molecular complexity index is 380. The average Bonchev–Trinajstić information content (AvgIpc) is 2.19. The Kier molecular flexibility index (Phi) is 4.61. The summed E-state index contributed by atoms with van der Waals surface area (Å²) < 4.78 is 0. The summed E-state index contributed by atoms with van der Waals surface area (Å²) in [7, 11) is 0. The summed E-state index contributed by atoms with van der Waals surface area (Å²) in [5.74, 6) is 0.589. The van der Waals surface area contributed by atoms with E-state index in [2.05, 4.69) is 18.8 Å². The quantitative estimate of drug-likeness (QED) is 0.773. The fourth-order valence-corrected chi connectivity index (χ4v) is 2.23. The van der Waals surface area contributed by atoms with Gasteiger partial charge in [0.05, 0.1) is 11.3 Å². The van der Waals surface area contributed by atoms with Crippen LogP contribution < -0.4 is 5.73 Å². The highest BCUT2D eigenvalue weighted by Gasteiger charge is 2.08. The average molecular weight is 240 g/mol. The van der Waals surface area contributed by atoms with E-state index in [4.69, 9.17) is 10.8 Å². The van der Waals surface area contributed by atoms with Gasteiger partial charge in [0.25, 0.3) is 0 Å². The monoisotopic (exact) mass is 240 g/mol. The van der Waals surface area contributed by atoms with E-state index in [0.717, 1.165) is 12.2 Å². The van der Waals surface area contributed by atoms with Crippen LogP contribution in [0.15, 0.2) is 17.3 Å². The molecule has 0 amide bonds. The molecule has 4 nitrogen and oxygen atoms in total. The molecule has 0 spiro atoms. The molecular formula is C11H16N2O2S. The van der Waals surface area contributed by atoms with E-state index in [9.17, 15) is 4.79 Å². The first kappa shape index (κ1) is 12.8. The van der Waals surface area contributed by atoms with Crippen molar-refractivity contribution in [2.24, 2.45) is 5.92 Å². The van der Waals surface area contributed by atoms with Crippen molar-refractivity contribution in [3.63, 3.8) is 0 Å². The van der Waals surface area contributed by atoms with Gasteiger partial charge in [0.15, 0.2) is 0 Å². The van der Waals surface area contributed by atoms with Gasteiger partial charge in [-0.1, -0.05) is 13.8 Å². The summed E-state index contributed by atoms with van der Waals surface area (Å²) >= 11 is 1.57. The molecular weight excluding hydrogens is 224 g/mol. The topological polar surface area (TPSA) is 76.2 Å². The SMILES string of the molecule is CC(C)CCSc1ncc(C(=O)O)cc1N. The van der Waals surface area contributed by atoms with Crippen molar-refractivity contribution in [3.05, 3.63) is 17.8 Å². The first-order valence-electron chi connectivity index (χ1n) is 5.12. The third-order valence-electron chi connectivity index (χ3n) is 2.06. The van der Waals surface area contributed by atoms with Crippen LogP contribution in [0.3, 0.4) is 0 Å². The molecule has 0 unspecified atom stereocenters. The van der Waals surface area contributed by atoms with Crippen LogP contribution in [0.2, 0.25) is 0 Å². The van der Waals surface area contributed by atoms with Crippen LogP contribution in [-0.4, -0.2) is 21.8 Å². The fraction of sp³-hybridized carbons (Fsp3) is 0.455. The van der Waals surface area contributed by atoms with Crippen molar-refractivity contribution in [2.45, 2.75) is 25.3 Å². The maximum atomic E-state index is 10.7. The molecule has 88 valence electrons. The number of carboxylic acid groups (broad SMARTS) is 1. The second-order valence-electron chi connectivity index (χ2n) is 3.95. The summed E-state index contributed by atoms with van der Waals surface area (Å²) in [4.78, 5) is 14.7. The molecule has 1 rings (SSSR count). The summed E-state index contributed by atoms with van der Waals surface area (Å²) in [5.41, 5.74) is 6.30. The van der Waals surface area contributed by atoms with E-state index in [-0.39, 0.29) is 5.56 Å². The predicted molar refractivity (Wildman–Crippen MR) is 65.8 cm³/mol. The van der Waals surface area contributed by atoms with Crippen LogP contribution in [0.25, 0.3) is 0 Å². The first-order valence-corrected chi connectivity index (χ1v) is 6.11. The van der Waals surface area contributed by atoms with Crippen LogP contribution in [0.5, 0.6) is 0 Å². The number of aromatic nitrogens is 1. The van der Waals surface area contributed by atoms with Crippen molar-refractivity contribution in [2.75, 3.05) is 11.5 Å². The highest BCUT2D eigenvalue weighted by molar-refractivity contribution is 7.99.